The molecular formula is C20H24BrN3O5S. The van der Waals surface area contributed by atoms with Gasteiger partial charge in [-0.05, 0) is 64.7 Å². The van der Waals surface area contributed by atoms with Crippen molar-refractivity contribution >= 4 is 38.1 Å². The van der Waals surface area contributed by atoms with Crippen molar-refractivity contribution in [3.8, 4) is 11.5 Å². The van der Waals surface area contributed by atoms with E-state index in [0.717, 1.165) is 5.56 Å². The molecule has 0 radical (unpaired) electrons. The van der Waals surface area contributed by atoms with Crippen molar-refractivity contribution in [3.05, 3.63) is 51.5 Å². The number of sulfonamides is 1. The third-order valence-electron chi connectivity index (χ3n) is 4.11. The van der Waals surface area contributed by atoms with Crippen molar-refractivity contribution < 1.29 is 22.7 Å². The Kier molecular flexibility index (Phi) is 7.85. The van der Waals surface area contributed by atoms with Gasteiger partial charge in [-0.2, -0.15) is 13.5 Å². The number of amides is 1. The molecule has 0 aliphatic rings. The van der Waals surface area contributed by atoms with E-state index in [0.29, 0.717) is 27.1 Å². The van der Waals surface area contributed by atoms with Crippen LogP contribution in [0.25, 0.3) is 0 Å². The molecule has 1 amide bonds. The van der Waals surface area contributed by atoms with Gasteiger partial charge in [-0.1, -0.05) is 12.1 Å². The summed E-state index contributed by atoms with van der Waals surface area (Å²) in [6.07, 6.45) is 1.35. The monoisotopic (exact) mass is 497 g/mol. The Balaban J connectivity index is 2.20. The summed E-state index contributed by atoms with van der Waals surface area (Å²) in [6, 6.07) is 8.48. The molecular weight excluding hydrogens is 474 g/mol. The maximum Gasteiger partial charge on any atom is 0.276 e. The van der Waals surface area contributed by atoms with Crippen molar-refractivity contribution in [2.24, 2.45) is 5.10 Å². The van der Waals surface area contributed by atoms with E-state index in [1.807, 2.05) is 13.0 Å². The number of carbonyl (C=O) groups is 1. The zero-order valence-electron chi connectivity index (χ0n) is 17.4. The fourth-order valence-corrected chi connectivity index (χ4v) is 4.13. The van der Waals surface area contributed by atoms with Gasteiger partial charge >= 0.3 is 0 Å². The third-order valence-corrected chi connectivity index (χ3v) is 6.06. The lowest BCUT2D eigenvalue weighted by Crippen LogP contribution is -2.27. The normalized spacial score (nSPS) is 11.4. The highest BCUT2D eigenvalue weighted by atomic mass is 79.9. The van der Waals surface area contributed by atoms with Gasteiger partial charge in [0, 0.05) is 14.1 Å². The third kappa shape index (κ3) is 5.96. The number of carbonyl (C=O) groups excluding carboxylic acids is 1. The first-order valence-electron chi connectivity index (χ1n) is 8.87. The first-order chi connectivity index (χ1) is 14.0. The van der Waals surface area contributed by atoms with E-state index in [-0.39, 0.29) is 17.4 Å². The van der Waals surface area contributed by atoms with Crippen molar-refractivity contribution in [3.63, 3.8) is 0 Å². The summed E-state index contributed by atoms with van der Waals surface area (Å²) in [5.41, 5.74) is 2.03. The predicted octanol–water partition coefficient (Wildman–Crippen LogP) is 2.85. The summed E-state index contributed by atoms with van der Waals surface area (Å²) in [6.45, 7) is 3.39. The lowest BCUT2D eigenvalue weighted by Gasteiger charge is -2.15. The number of nitrogens with one attached hydrogen (secondary N) is 1. The Morgan fingerprint density at radius 1 is 1.23 bits per heavy atom. The number of ether oxygens (including phenoxy) is 2. The lowest BCUT2D eigenvalue weighted by atomic mass is 10.2. The summed E-state index contributed by atoms with van der Waals surface area (Å²) in [5.74, 6) is 0.533. The predicted molar refractivity (Wildman–Crippen MR) is 119 cm³/mol. The highest BCUT2D eigenvalue weighted by Crippen LogP contribution is 2.36. The molecule has 0 atom stereocenters. The molecule has 0 aliphatic carbocycles. The minimum atomic E-state index is -3.80. The van der Waals surface area contributed by atoms with Gasteiger partial charge in [0.25, 0.3) is 15.9 Å². The van der Waals surface area contributed by atoms with Crippen molar-refractivity contribution in [1.82, 2.24) is 9.73 Å². The molecule has 30 heavy (non-hydrogen) atoms. The first-order valence-corrected chi connectivity index (χ1v) is 11.2. The number of aryl methyl sites for hydroxylation is 2. The Bertz CT molecular complexity index is 1070. The highest BCUT2D eigenvalue weighted by Gasteiger charge is 2.17. The fourth-order valence-electron chi connectivity index (χ4n) is 2.43. The topological polar surface area (TPSA) is 97.3 Å². The number of halogens is 1. The summed E-state index contributed by atoms with van der Waals surface area (Å²) >= 11 is 3.38. The number of methoxy groups -OCH3 is 1. The summed E-state index contributed by atoms with van der Waals surface area (Å²) in [5, 5.41) is 3.86. The SMILES string of the molecule is COc1cc(/C=N/NS(=O)(=O)c2cc(C)ccc2C)cc(Br)c1OCC(=O)N(C)C. The van der Waals surface area contributed by atoms with Crippen LogP contribution in [0.1, 0.15) is 16.7 Å². The van der Waals surface area contributed by atoms with E-state index in [1.165, 1.54) is 18.2 Å². The van der Waals surface area contributed by atoms with E-state index in [2.05, 4.69) is 25.9 Å². The van der Waals surface area contributed by atoms with Gasteiger partial charge < -0.3 is 14.4 Å². The van der Waals surface area contributed by atoms with Crippen molar-refractivity contribution in [1.29, 1.82) is 0 Å². The van der Waals surface area contributed by atoms with Gasteiger partial charge in [0.2, 0.25) is 0 Å². The Morgan fingerprint density at radius 3 is 2.57 bits per heavy atom. The maximum atomic E-state index is 12.5. The maximum absolute atomic E-state index is 12.5. The number of nitrogens with zero attached hydrogens (tertiary/aromatic N) is 2. The fraction of sp³-hybridized carbons (Fsp3) is 0.300. The molecule has 0 aromatic heterocycles. The number of hydrogen-bond acceptors (Lipinski definition) is 6. The summed E-state index contributed by atoms with van der Waals surface area (Å²) < 4.78 is 36.5. The zero-order chi connectivity index (χ0) is 22.5. The summed E-state index contributed by atoms with van der Waals surface area (Å²) in [7, 11) is 0.935. The molecule has 0 unspecified atom stereocenters. The largest absolute Gasteiger partial charge is 0.493 e. The highest BCUT2D eigenvalue weighted by molar-refractivity contribution is 9.10. The second-order valence-electron chi connectivity index (χ2n) is 6.73. The second kappa shape index (κ2) is 9.94. The minimum Gasteiger partial charge on any atom is -0.493 e. The molecule has 0 saturated heterocycles. The van der Waals surface area contributed by atoms with E-state index in [1.54, 1.807) is 45.3 Å². The summed E-state index contributed by atoms with van der Waals surface area (Å²) in [4.78, 5) is 15.6. The molecule has 10 heteroatoms. The average molecular weight is 498 g/mol. The van der Waals surface area contributed by atoms with Crippen molar-refractivity contribution in [2.75, 3.05) is 27.8 Å². The molecule has 8 nitrogen and oxygen atoms in total. The van der Waals surface area contributed by atoms with E-state index in [9.17, 15) is 13.2 Å². The van der Waals surface area contributed by atoms with Crippen LogP contribution in [0.4, 0.5) is 0 Å². The molecule has 0 bridgehead atoms. The van der Waals surface area contributed by atoms with Gasteiger partial charge in [-0.3, -0.25) is 4.79 Å². The van der Waals surface area contributed by atoms with Gasteiger partial charge in [0.05, 0.1) is 22.7 Å². The van der Waals surface area contributed by atoms with Gasteiger partial charge in [-0.15, -0.1) is 0 Å². The van der Waals surface area contributed by atoms with Crippen LogP contribution in [0.5, 0.6) is 11.5 Å². The Hall–Kier alpha value is -2.59. The average Bonchev–Trinajstić information content (AvgIpc) is 2.68. The van der Waals surface area contributed by atoms with Crippen LogP contribution in [-0.2, 0) is 14.8 Å². The van der Waals surface area contributed by atoms with E-state index < -0.39 is 10.0 Å². The smallest absolute Gasteiger partial charge is 0.276 e. The molecule has 0 saturated carbocycles. The quantitative estimate of drug-likeness (QED) is 0.446. The zero-order valence-corrected chi connectivity index (χ0v) is 19.8. The van der Waals surface area contributed by atoms with Crippen LogP contribution >= 0.6 is 15.9 Å². The van der Waals surface area contributed by atoms with Crippen LogP contribution < -0.4 is 14.3 Å². The van der Waals surface area contributed by atoms with Crippen LogP contribution in [0.2, 0.25) is 0 Å². The van der Waals surface area contributed by atoms with E-state index in [4.69, 9.17) is 9.47 Å². The minimum absolute atomic E-state index is 0.148. The Labute approximate surface area is 185 Å². The van der Waals surface area contributed by atoms with Crippen LogP contribution in [0, 0.1) is 13.8 Å². The molecule has 1 N–H and O–H groups in total. The van der Waals surface area contributed by atoms with E-state index >= 15 is 0 Å². The number of likely N-dealkylation sites (N-methyl/N-ethyl adjacent to an activating group) is 1. The van der Waals surface area contributed by atoms with Gasteiger partial charge in [0.15, 0.2) is 18.1 Å². The van der Waals surface area contributed by atoms with Crippen LogP contribution in [0.15, 0.2) is 44.8 Å². The van der Waals surface area contributed by atoms with Gasteiger partial charge in [-0.25, -0.2) is 4.83 Å². The molecule has 2 rings (SSSR count). The second-order valence-corrected chi connectivity index (χ2v) is 9.22. The number of rotatable bonds is 8. The molecule has 2 aromatic carbocycles. The number of hydrazone groups is 1. The molecule has 0 heterocycles. The number of benzene rings is 2. The first kappa shape index (κ1) is 23.7. The molecule has 0 fully saturated rings. The Morgan fingerprint density at radius 2 is 1.93 bits per heavy atom. The molecule has 162 valence electrons. The lowest BCUT2D eigenvalue weighted by molar-refractivity contribution is -0.130. The molecule has 2 aromatic rings. The van der Waals surface area contributed by atoms with Crippen LogP contribution in [0.3, 0.4) is 0 Å². The number of hydrogen-bond donors (Lipinski definition) is 1. The van der Waals surface area contributed by atoms with Gasteiger partial charge in [0.1, 0.15) is 0 Å². The molecule has 0 spiro atoms. The molecule has 0 aliphatic heterocycles. The van der Waals surface area contributed by atoms with Crippen molar-refractivity contribution in [2.45, 2.75) is 18.7 Å². The van der Waals surface area contributed by atoms with Crippen LogP contribution in [-0.4, -0.2) is 53.3 Å². The standard InChI is InChI=1S/C20H24BrN3O5S/c1-13-6-7-14(2)18(8-13)30(26,27)23-22-11-15-9-16(21)20(17(10-15)28-5)29-12-19(25)24(3)4/h6-11,23H,12H2,1-5H3/b22-11+.